The monoisotopic (exact) mass is 297 g/mol. The van der Waals surface area contributed by atoms with E-state index in [1.807, 2.05) is 0 Å². The van der Waals surface area contributed by atoms with Gasteiger partial charge in [-0.3, -0.25) is 0 Å². The lowest BCUT2D eigenvalue weighted by molar-refractivity contribution is 0.271. The van der Waals surface area contributed by atoms with Gasteiger partial charge in [-0.2, -0.15) is 0 Å². The Balaban J connectivity index is 1.78. The zero-order valence-electron chi connectivity index (χ0n) is 13.9. The summed E-state index contributed by atoms with van der Waals surface area (Å²) in [5.74, 6) is 1.51. The quantitative estimate of drug-likeness (QED) is 0.768. The lowest BCUT2D eigenvalue weighted by atomic mass is 10.1. The van der Waals surface area contributed by atoms with Crippen LogP contribution in [0.25, 0.3) is 0 Å². The number of rotatable bonds is 8. The van der Waals surface area contributed by atoms with Gasteiger partial charge in [-0.15, -0.1) is 0 Å². The molecule has 0 bridgehead atoms. The van der Waals surface area contributed by atoms with Crippen molar-refractivity contribution in [2.45, 2.75) is 33.2 Å². The van der Waals surface area contributed by atoms with Crippen LogP contribution in [0, 0.1) is 5.92 Å². The van der Waals surface area contributed by atoms with Gasteiger partial charge in [-0.25, -0.2) is 0 Å². The summed E-state index contributed by atoms with van der Waals surface area (Å²) >= 11 is 0. The van der Waals surface area contributed by atoms with E-state index in [-0.39, 0.29) is 0 Å². The van der Waals surface area contributed by atoms with E-state index in [1.54, 1.807) is 0 Å². The first kappa shape index (κ1) is 16.6. The Labute approximate surface area is 134 Å². The summed E-state index contributed by atoms with van der Waals surface area (Å²) in [6.07, 6.45) is 1.06. The zero-order valence-corrected chi connectivity index (χ0v) is 13.9. The van der Waals surface area contributed by atoms with E-state index in [0.717, 1.165) is 25.3 Å². The van der Waals surface area contributed by atoms with Crippen LogP contribution in [0.5, 0.6) is 5.75 Å². The van der Waals surface area contributed by atoms with Crippen LogP contribution in [-0.2, 0) is 6.42 Å². The van der Waals surface area contributed by atoms with E-state index in [9.17, 15) is 0 Å². The Morgan fingerprint density at radius 3 is 2.23 bits per heavy atom. The highest BCUT2D eigenvalue weighted by Crippen LogP contribution is 2.18. The summed E-state index contributed by atoms with van der Waals surface area (Å²) in [6, 6.07) is 19.4. The Hall–Kier alpha value is -1.80. The number of benzene rings is 2. The van der Waals surface area contributed by atoms with Gasteiger partial charge in [0, 0.05) is 6.04 Å². The average Bonchev–Trinajstić information content (AvgIpc) is 2.54. The first-order valence-corrected chi connectivity index (χ1v) is 8.15. The smallest absolute Gasteiger partial charge is 0.119 e. The van der Waals surface area contributed by atoms with Crippen LogP contribution in [0.4, 0.5) is 0 Å². The summed E-state index contributed by atoms with van der Waals surface area (Å²) in [7, 11) is 0. The van der Waals surface area contributed by atoms with Crippen molar-refractivity contribution >= 4 is 0 Å². The second kappa shape index (κ2) is 8.60. The maximum atomic E-state index is 5.72. The summed E-state index contributed by atoms with van der Waals surface area (Å²) < 4.78 is 5.72. The third-order valence-electron chi connectivity index (χ3n) is 3.67. The van der Waals surface area contributed by atoms with Crippen molar-refractivity contribution in [3.05, 3.63) is 65.7 Å². The number of hydrogen-bond donors (Lipinski definition) is 1. The van der Waals surface area contributed by atoms with E-state index in [2.05, 4.69) is 80.7 Å². The lowest BCUT2D eigenvalue weighted by Crippen LogP contribution is -2.21. The Morgan fingerprint density at radius 1 is 0.909 bits per heavy atom. The van der Waals surface area contributed by atoms with Gasteiger partial charge in [0.1, 0.15) is 5.75 Å². The minimum absolute atomic E-state index is 0.350. The number of ether oxygens (including phenoxy) is 1. The molecular weight excluding hydrogens is 270 g/mol. The average molecular weight is 297 g/mol. The third-order valence-corrected chi connectivity index (χ3v) is 3.67. The molecule has 2 nitrogen and oxygen atoms in total. The normalized spacial score (nSPS) is 12.4. The van der Waals surface area contributed by atoms with Crippen molar-refractivity contribution in [2.75, 3.05) is 13.2 Å². The van der Waals surface area contributed by atoms with Crippen molar-refractivity contribution in [3.8, 4) is 5.75 Å². The molecule has 22 heavy (non-hydrogen) atoms. The summed E-state index contributed by atoms with van der Waals surface area (Å²) in [4.78, 5) is 0. The van der Waals surface area contributed by atoms with Gasteiger partial charge in [0.2, 0.25) is 0 Å². The van der Waals surface area contributed by atoms with Crippen LogP contribution >= 0.6 is 0 Å². The fraction of sp³-hybridized carbons (Fsp3) is 0.400. The van der Waals surface area contributed by atoms with Crippen molar-refractivity contribution < 1.29 is 4.74 Å². The minimum Gasteiger partial charge on any atom is -0.493 e. The number of nitrogens with one attached hydrogen (secondary N) is 1. The Bertz CT molecular complexity index is 533. The van der Waals surface area contributed by atoms with Crippen LogP contribution in [-0.4, -0.2) is 13.2 Å². The van der Waals surface area contributed by atoms with Gasteiger partial charge < -0.3 is 10.1 Å². The molecule has 2 aromatic rings. The first-order valence-electron chi connectivity index (χ1n) is 8.15. The fourth-order valence-corrected chi connectivity index (χ4v) is 2.31. The fourth-order valence-electron chi connectivity index (χ4n) is 2.31. The molecule has 118 valence electrons. The largest absolute Gasteiger partial charge is 0.493 e. The van der Waals surface area contributed by atoms with E-state index in [4.69, 9.17) is 4.74 Å². The molecule has 2 rings (SSSR count). The van der Waals surface area contributed by atoms with Gasteiger partial charge >= 0.3 is 0 Å². The van der Waals surface area contributed by atoms with Crippen LogP contribution in [0.1, 0.15) is 37.9 Å². The van der Waals surface area contributed by atoms with Crippen LogP contribution < -0.4 is 10.1 Å². The highest BCUT2D eigenvalue weighted by Gasteiger charge is 2.05. The molecule has 0 saturated heterocycles. The van der Waals surface area contributed by atoms with Crippen molar-refractivity contribution in [2.24, 2.45) is 5.92 Å². The predicted molar refractivity (Wildman–Crippen MR) is 93.3 cm³/mol. The van der Waals surface area contributed by atoms with E-state index >= 15 is 0 Å². The van der Waals surface area contributed by atoms with E-state index in [0.29, 0.717) is 12.0 Å². The SMILES string of the molecule is CC(C)COc1ccc(C(C)NCCc2ccccc2)cc1. The first-order chi connectivity index (χ1) is 10.6. The van der Waals surface area contributed by atoms with Crippen LogP contribution in [0.2, 0.25) is 0 Å². The van der Waals surface area contributed by atoms with Gasteiger partial charge in [0.25, 0.3) is 0 Å². The molecule has 0 saturated carbocycles. The molecule has 0 aliphatic rings. The predicted octanol–water partition coefficient (Wildman–Crippen LogP) is 4.61. The molecule has 0 aliphatic carbocycles. The number of hydrogen-bond acceptors (Lipinski definition) is 2. The highest BCUT2D eigenvalue weighted by molar-refractivity contribution is 5.29. The molecule has 0 aromatic heterocycles. The van der Waals surface area contributed by atoms with Gasteiger partial charge in [0.05, 0.1) is 6.61 Å². The van der Waals surface area contributed by atoms with Crippen LogP contribution in [0.3, 0.4) is 0 Å². The molecular formula is C20H27NO. The molecule has 0 spiro atoms. The van der Waals surface area contributed by atoms with Crippen LogP contribution in [0.15, 0.2) is 54.6 Å². The van der Waals surface area contributed by atoms with E-state index in [1.165, 1.54) is 11.1 Å². The maximum absolute atomic E-state index is 5.72. The standard InChI is InChI=1S/C20H27NO/c1-16(2)15-22-20-11-9-19(10-12-20)17(3)21-14-13-18-7-5-4-6-8-18/h4-12,16-17,21H,13-15H2,1-3H3. The summed E-state index contributed by atoms with van der Waals surface area (Å²) in [5, 5.41) is 3.58. The highest BCUT2D eigenvalue weighted by atomic mass is 16.5. The van der Waals surface area contributed by atoms with Crippen molar-refractivity contribution in [1.29, 1.82) is 0 Å². The molecule has 0 aliphatic heterocycles. The molecule has 2 heteroatoms. The molecule has 1 atom stereocenters. The zero-order chi connectivity index (χ0) is 15.8. The second-order valence-electron chi connectivity index (χ2n) is 6.19. The molecule has 0 amide bonds. The molecule has 0 heterocycles. The molecule has 0 fully saturated rings. The summed E-state index contributed by atoms with van der Waals surface area (Å²) in [6.45, 7) is 8.27. The van der Waals surface area contributed by atoms with Gasteiger partial charge in [0.15, 0.2) is 0 Å². The Morgan fingerprint density at radius 2 is 1.59 bits per heavy atom. The van der Waals surface area contributed by atoms with Crippen molar-refractivity contribution in [3.63, 3.8) is 0 Å². The molecule has 1 unspecified atom stereocenters. The maximum Gasteiger partial charge on any atom is 0.119 e. The van der Waals surface area contributed by atoms with Crippen molar-refractivity contribution in [1.82, 2.24) is 5.32 Å². The van der Waals surface area contributed by atoms with Gasteiger partial charge in [-0.1, -0.05) is 56.3 Å². The van der Waals surface area contributed by atoms with Gasteiger partial charge in [-0.05, 0) is 49.1 Å². The third kappa shape index (κ3) is 5.53. The minimum atomic E-state index is 0.350. The molecule has 1 N–H and O–H groups in total. The Kier molecular flexibility index (Phi) is 6.47. The summed E-state index contributed by atoms with van der Waals surface area (Å²) in [5.41, 5.74) is 2.67. The molecule has 0 radical (unpaired) electrons. The topological polar surface area (TPSA) is 21.3 Å². The van der Waals surface area contributed by atoms with E-state index < -0.39 is 0 Å². The lowest BCUT2D eigenvalue weighted by Gasteiger charge is -2.15. The molecule has 2 aromatic carbocycles. The second-order valence-corrected chi connectivity index (χ2v) is 6.19.